The lowest BCUT2D eigenvalue weighted by molar-refractivity contribution is -0.148. The first kappa shape index (κ1) is 8.05. The van der Waals surface area contributed by atoms with Crippen molar-refractivity contribution in [2.45, 2.75) is 31.8 Å². The number of fused-ring (bicyclic) bond motifs is 1. The Balaban J connectivity index is 1.97. The number of carbonyl (C=O) groups excluding carboxylic acids is 1. The highest BCUT2D eigenvalue weighted by atomic mass is 16.6. The number of ether oxygens (including phenoxy) is 1. The van der Waals surface area contributed by atoms with Gasteiger partial charge in [0, 0.05) is 19.4 Å². The number of rotatable bonds is 2. The Hall–Kier alpha value is -0.570. The molecule has 0 saturated heterocycles. The number of hydrogen-bond acceptors (Lipinski definition) is 3. The normalized spacial score (nSPS) is 43.8. The van der Waals surface area contributed by atoms with Crippen molar-refractivity contribution in [3.8, 4) is 0 Å². The van der Waals surface area contributed by atoms with E-state index < -0.39 is 0 Å². The van der Waals surface area contributed by atoms with Crippen LogP contribution in [0.2, 0.25) is 0 Å². The molecular formula is C9H14O3. The third-order valence-electron chi connectivity index (χ3n) is 3.17. The third-order valence-corrected chi connectivity index (χ3v) is 3.17. The fraction of sp³-hybridized carbons (Fsp3) is 0.889. The summed E-state index contributed by atoms with van der Waals surface area (Å²) in [6.07, 6.45) is 2.93. The van der Waals surface area contributed by atoms with E-state index in [0.29, 0.717) is 11.8 Å². The van der Waals surface area contributed by atoms with Crippen LogP contribution < -0.4 is 0 Å². The Bertz CT molecular complexity index is 214. The second-order valence-corrected chi connectivity index (χ2v) is 3.95. The first-order chi connectivity index (χ1) is 5.68. The Kier molecular flexibility index (Phi) is 1.65. The number of aliphatic hydroxyl groups excluding tert-OH is 1. The number of hydrogen-bond donors (Lipinski definition) is 1. The van der Waals surface area contributed by atoms with Crippen LogP contribution in [0.3, 0.4) is 0 Å². The van der Waals surface area contributed by atoms with Crippen molar-refractivity contribution in [2.75, 3.05) is 6.61 Å². The van der Waals surface area contributed by atoms with E-state index in [2.05, 4.69) is 0 Å². The van der Waals surface area contributed by atoms with Crippen LogP contribution in [0.1, 0.15) is 26.2 Å². The molecule has 2 rings (SSSR count). The van der Waals surface area contributed by atoms with E-state index >= 15 is 0 Å². The molecule has 0 aromatic heterocycles. The topological polar surface area (TPSA) is 46.5 Å². The molecule has 2 aliphatic rings. The van der Waals surface area contributed by atoms with Crippen LogP contribution in [0.15, 0.2) is 0 Å². The molecule has 0 aliphatic heterocycles. The lowest BCUT2D eigenvalue weighted by Gasteiger charge is -2.10. The van der Waals surface area contributed by atoms with Crippen molar-refractivity contribution in [3.63, 3.8) is 0 Å². The molecular weight excluding hydrogens is 156 g/mol. The Morgan fingerprint density at radius 1 is 1.75 bits per heavy atom. The monoisotopic (exact) mass is 170 g/mol. The molecule has 0 aromatic carbocycles. The highest BCUT2D eigenvalue weighted by Gasteiger charge is 2.64. The zero-order chi connectivity index (χ0) is 8.77. The zero-order valence-corrected chi connectivity index (χ0v) is 7.25. The van der Waals surface area contributed by atoms with Crippen molar-refractivity contribution >= 4 is 5.97 Å². The minimum absolute atomic E-state index is 0.154. The largest absolute Gasteiger partial charge is 0.459 e. The summed E-state index contributed by atoms with van der Waals surface area (Å²) in [5.41, 5.74) is -0.154. The lowest BCUT2D eigenvalue weighted by Crippen LogP contribution is -2.17. The van der Waals surface area contributed by atoms with Crippen LogP contribution in [-0.2, 0) is 9.53 Å². The predicted octanol–water partition coefficient (Wildman–Crippen LogP) is 0.710. The van der Waals surface area contributed by atoms with E-state index in [4.69, 9.17) is 9.84 Å². The smallest absolute Gasteiger partial charge is 0.303 e. The number of esters is 1. The second-order valence-electron chi connectivity index (χ2n) is 3.95. The summed E-state index contributed by atoms with van der Waals surface area (Å²) in [6.45, 7) is 1.70. The quantitative estimate of drug-likeness (QED) is 0.621. The molecule has 3 atom stereocenters. The van der Waals surface area contributed by atoms with Gasteiger partial charge in [-0.15, -0.1) is 0 Å². The highest BCUT2D eigenvalue weighted by Crippen LogP contribution is 2.61. The van der Waals surface area contributed by atoms with Gasteiger partial charge >= 0.3 is 5.97 Å². The van der Waals surface area contributed by atoms with Gasteiger partial charge in [-0.3, -0.25) is 4.79 Å². The highest BCUT2D eigenvalue weighted by molar-refractivity contribution is 5.67. The van der Waals surface area contributed by atoms with Gasteiger partial charge in [-0.1, -0.05) is 0 Å². The molecule has 0 amide bonds. The van der Waals surface area contributed by atoms with Crippen molar-refractivity contribution < 1.29 is 14.6 Å². The molecule has 0 spiro atoms. The van der Waals surface area contributed by atoms with Crippen molar-refractivity contribution in [1.82, 2.24) is 0 Å². The first-order valence-electron chi connectivity index (χ1n) is 4.48. The van der Waals surface area contributed by atoms with E-state index in [1.807, 2.05) is 0 Å². The van der Waals surface area contributed by atoms with E-state index in [-0.39, 0.29) is 18.2 Å². The van der Waals surface area contributed by atoms with Crippen molar-refractivity contribution in [2.24, 2.45) is 11.8 Å². The zero-order valence-electron chi connectivity index (χ0n) is 7.25. The Labute approximate surface area is 71.7 Å². The lowest BCUT2D eigenvalue weighted by atomic mass is 10.1. The molecule has 2 saturated carbocycles. The molecule has 3 heteroatoms. The first-order valence-corrected chi connectivity index (χ1v) is 4.48. The summed E-state index contributed by atoms with van der Waals surface area (Å²) in [5, 5.41) is 8.97. The van der Waals surface area contributed by atoms with Crippen LogP contribution in [-0.4, -0.2) is 23.3 Å². The molecule has 0 radical (unpaired) electrons. The van der Waals surface area contributed by atoms with Gasteiger partial charge in [0.15, 0.2) is 0 Å². The molecule has 1 N–H and O–H groups in total. The summed E-state index contributed by atoms with van der Waals surface area (Å²) < 4.78 is 5.25. The van der Waals surface area contributed by atoms with Gasteiger partial charge in [0.25, 0.3) is 0 Å². The van der Waals surface area contributed by atoms with Crippen LogP contribution in [0, 0.1) is 11.8 Å². The molecule has 0 aromatic rings. The summed E-state index contributed by atoms with van der Waals surface area (Å²) in [6, 6.07) is 0. The molecule has 12 heavy (non-hydrogen) atoms. The maximum Gasteiger partial charge on any atom is 0.303 e. The van der Waals surface area contributed by atoms with Crippen LogP contribution in [0.5, 0.6) is 0 Å². The van der Waals surface area contributed by atoms with Crippen molar-refractivity contribution in [3.05, 3.63) is 0 Å². The van der Waals surface area contributed by atoms with Gasteiger partial charge in [0.1, 0.15) is 5.60 Å². The molecule has 2 fully saturated rings. The molecule has 2 aliphatic carbocycles. The second kappa shape index (κ2) is 2.46. The molecule has 3 unspecified atom stereocenters. The van der Waals surface area contributed by atoms with E-state index in [1.165, 1.54) is 6.92 Å². The molecule has 0 heterocycles. The van der Waals surface area contributed by atoms with E-state index in [9.17, 15) is 4.79 Å². The number of aliphatic hydroxyl groups is 1. The van der Waals surface area contributed by atoms with Crippen molar-refractivity contribution in [1.29, 1.82) is 0 Å². The fourth-order valence-electron chi connectivity index (χ4n) is 2.50. The predicted molar refractivity (Wildman–Crippen MR) is 42.4 cm³/mol. The molecule has 3 nitrogen and oxygen atoms in total. The van der Waals surface area contributed by atoms with Gasteiger partial charge in [-0.2, -0.15) is 0 Å². The average molecular weight is 170 g/mol. The summed E-state index contributed by atoms with van der Waals surface area (Å²) in [4.78, 5) is 10.7. The third kappa shape index (κ3) is 1.04. The van der Waals surface area contributed by atoms with Gasteiger partial charge in [-0.05, 0) is 25.2 Å². The molecule has 0 bridgehead atoms. The number of carbonyl (C=O) groups is 1. The van der Waals surface area contributed by atoms with E-state index in [1.54, 1.807) is 0 Å². The van der Waals surface area contributed by atoms with Crippen LogP contribution in [0.4, 0.5) is 0 Å². The summed E-state index contributed by atoms with van der Waals surface area (Å²) in [5.74, 6) is 0.645. The Morgan fingerprint density at radius 2 is 2.50 bits per heavy atom. The SMILES string of the molecule is CC(=O)OC12CCC(CO)C1C2. The Morgan fingerprint density at radius 3 is 2.92 bits per heavy atom. The standard InChI is InChI=1S/C9H14O3/c1-6(11)12-9-3-2-7(5-10)8(9)4-9/h7-8,10H,2-5H2,1H3. The summed E-state index contributed by atoms with van der Waals surface area (Å²) in [7, 11) is 0. The van der Waals surface area contributed by atoms with Gasteiger partial charge in [0.2, 0.25) is 0 Å². The van der Waals surface area contributed by atoms with Gasteiger partial charge in [0.05, 0.1) is 0 Å². The summed E-state index contributed by atoms with van der Waals surface area (Å²) >= 11 is 0. The fourth-order valence-corrected chi connectivity index (χ4v) is 2.50. The van der Waals surface area contributed by atoms with Gasteiger partial charge < -0.3 is 9.84 Å². The van der Waals surface area contributed by atoms with Crippen LogP contribution >= 0.6 is 0 Å². The maximum absolute atomic E-state index is 10.7. The van der Waals surface area contributed by atoms with Crippen LogP contribution in [0.25, 0.3) is 0 Å². The van der Waals surface area contributed by atoms with E-state index in [0.717, 1.165) is 19.3 Å². The minimum Gasteiger partial charge on any atom is -0.459 e. The molecule has 68 valence electrons. The maximum atomic E-state index is 10.7. The van der Waals surface area contributed by atoms with Gasteiger partial charge in [-0.25, -0.2) is 0 Å². The average Bonchev–Trinajstić information content (AvgIpc) is 2.57. The minimum atomic E-state index is -0.184.